The highest BCUT2D eigenvalue weighted by Crippen LogP contribution is 2.29. The van der Waals surface area contributed by atoms with Gasteiger partial charge in [0.1, 0.15) is 0 Å². The number of hydrogen-bond acceptors (Lipinski definition) is 3. The smallest absolute Gasteiger partial charge is 0.0603 e. The molecular formula is C24H24ClN3. The number of piperazine rings is 1. The molecule has 1 heterocycles. The fourth-order valence-corrected chi connectivity index (χ4v) is 3.90. The third-order valence-corrected chi connectivity index (χ3v) is 5.34. The van der Waals surface area contributed by atoms with E-state index in [1.807, 2.05) is 30.5 Å². The molecule has 0 saturated carbocycles. The van der Waals surface area contributed by atoms with Gasteiger partial charge in [0.05, 0.1) is 12.3 Å². The van der Waals surface area contributed by atoms with Crippen molar-refractivity contribution >= 4 is 17.8 Å². The van der Waals surface area contributed by atoms with Crippen LogP contribution in [0.5, 0.6) is 0 Å². The molecule has 0 spiro atoms. The number of hydrogen-bond donors (Lipinski definition) is 0. The standard InChI is InChI=1S/C24H24ClN3/c25-23-13-7-8-20(18-23)19-26-28-16-14-27(15-17-28)24(21-9-3-1-4-10-21)22-11-5-2-6-12-22/h1-13,18-19,24H,14-17H2/b26-19-. The number of benzene rings is 3. The SMILES string of the molecule is Clc1cccc(/C=N\N2CCN(C(c3ccccc3)c3ccccc3)CC2)c1. The van der Waals surface area contributed by atoms with Crippen molar-refractivity contribution in [2.24, 2.45) is 5.10 Å². The molecule has 1 aliphatic rings. The Morgan fingerprint density at radius 1 is 0.750 bits per heavy atom. The first kappa shape index (κ1) is 18.7. The van der Waals surface area contributed by atoms with Crippen LogP contribution < -0.4 is 0 Å². The van der Waals surface area contributed by atoms with E-state index in [-0.39, 0.29) is 6.04 Å². The minimum Gasteiger partial charge on any atom is -0.294 e. The summed E-state index contributed by atoms with van der Waals surface area (Å²) in [6.07, 6.45) is 1.90. The molecule has 0 aromatic heterocycles. The second kappa shape index (κ2) is 9.05. The predicted octanol–water partition coefficient (Wildman–Crippen LogP) is 5.08. The summed E-state index contributed by atoms with van der Waals surface area (Å²) in [5.41, 5.74) is 3.70. The van der Waals surface area contributed by atoms with Crippen LogP contribution >= 0.6 is 11.6 Å². The van der Waals surface area contributed by atoms with Gasteiger partial charge in [0, 0.05) is 31.2 Å². The Morgan fingerprint density at radius 2 is 1.36 bits per heavy atom. The van der Waals surface area contributed by atoms with Gasteiger partial charge in [-0.25, -0.2) is 0 Å². The molecule has 0 aliphatic carbocycles. The van der Waals surface area contributed by atoms with Gasteiger partial charge in [0.2, 0.25) is 0 Å². The Bertz CT molecular complexity index is 864. The first-order valence-electron chi connectivity index (χ1n) is 9.68. The largest absolute Gasteiger partial charge is 0.294 e. The third kappa shape index (κ3) is 4.61. The van der Waals surface area contributed by atoms with E-state index >= 15 is 0 Å². The summed E-state index contributed by atoms with van der Waals surface area (Å²) in [5.74, 6) is 0. The zero-order valence-corrected chi connectivity index (χ0v) is 16.5. The summed E-state index contributed by atoms with van der Waals surface area (Å²) in [6, 6.07) is 29.6. The van der Waals surface area contributed by atoms with Crippen molar-refractivity contribution in [2.75, 3.05) is 26.2 Å². The lowest BCUT2D eigenvalue weighted by Gasteiger charge is -2.38. The van der Waals surface area contributed by atoms with Crippen LogP contribution in [-0.4, -0.2) is 42.3 Å². The van der Waals surface area contributed by atoms with Crippen molar-refractivity contribution < 1.29 is 0 Å². The minimum absolute atomic E-state index is 0.279. The zero-order chi connectivity index (χ0) is 19.2. The van der Waals surface area contributed by atoms with Crippen molar-refractivity contribution in [3.8, 4) is 0 Å². The Kier molecular flexibility index (Phi) is 6.05. The molecule has 3 aromatic carbocycles. The van der Waals surface area contributed by atoms with Crippen molar-refractivity contribution in [3.63, 3.8) is 0 Å². The maximum Gasteiger partial charge on any atom is 0.0603 e. The maximum absolute atomic E-state index is 6.05. The summed E-state index contributed by atoms with van der Waals surface area (Å²) < 4.78 is 0. The van der Waals surface area contributed by atoms with Crippen LogP contribution in [0.3, 0.4) is 0 Å². The topological polar surface area (TPSA) is 18.8 Å². The van der Waals surface area contributed by atoms with Crippen molar-refractivity contribution in [1.82, 2.24) is 9.91 Å². The van der Waals surface area contributed by atoms with E-state index < -0.39 is 0 Å². The van der Waals surface area contributed by atoms with Gasteiger partial charge in [-0.15, -0.1) is 0 Å². The normalized spacial score (nSPS) is 15.4. The molecule has 0 bridgehead atoms. The van der Waals surface area contributed by atoms with E-state index in [0.717, 1.165) is 36.8 Å². The summed E-state index contributed by atoms with van der Waals surface area (Å²) >= 11 is 6.05. The number of halogens is 1. The molecule has 0 radical (unpaired) electrons. The van der Waals surface area contributed by atoms with Crippen molar-refractivity contribution in [2.45, 2.75) is 6.04 Å². The molecule has 142 valence electrons. The average Bonchev–Trinajstić information content (AvgIpc) is 2.75. The van der Waals surface area contributed by atoms with E-state index in [0.29, 0.717) is 0 Å². The van der Waals surface area contributed by atoms with Crippen molar-refractivity contribution in [1.29, 1.82) is 0 Å². The second-order valence-corrected chi connectivity index (χ2v) is 7.45. The van der Waals surface area contributed by atoms with Gasteiger partial charge in [0.15, 0.2) is 0 Å². The molecule has 0 atom stereocenters. The van der Waals surface area contributed by atoms with E-state index in [1.54, 1.807) is 0 Å². The first-order chi connectivity index (χ1) is 13.8. The molecule has 0 N–H and O–H groups in total. The van der Waals surface area contributed by atoms with Gasteiger partial charge in [-0.05, 0) is 28.8 Å². The Hall–Kier alpha value is -2.62. The Morgan fingerprint density at radius 3 is 1.93 bits per heavy atom. The minimum atomic E-state index is 0.279. The molecule has 1 saturated heterocycles. The monoisotopic (exact) mass is 389 g/mol. The van der Waals surface area contributed by atoms with Gasteiger partial charge in [-0.3, -0.25) is 9.91 Å². The van der Waals surface area contributed by atoms with Crippen LogP contribution in [0.1, 0.15) is 22.7 Å². The van der Waals surface area contributed by atoms with Crippen LogP contribution in [0.4, 0.5) is 0 Å². The molecule has 28 heavy (non-hydrogen) atoms. The van der Waals surface area contributed by atoms with Crippen LogP contribution in [-0.2, 0) is 0 Å². The molecule has 1 fully saturated rings. The first-order valence-corrected chi connectivity index (χ1v) is 10.1. The summed E-state index contributed by atoms with van der Waals surface area (Å²) in [5, 5.41) is 7.54. The molecule has 4 rings (SSSR count). The molecule has 0 unspecified atom stereocenters. The highest BCUT2D eigenvalue weighted by Gasteiger charge is 2.25. The van der Waals surface area contributed by atoms with E-state index in [1.165, 1.54) is 11.1 Å². The third-order valence-electron chi connectivity index (χ3n) is 5.11. The van der Waals surface area contributed by atoms with Crippen LogP contribution in [0, 0.1) is 0 Å². The van der Waals surface area contributed by atoms with E-state index in [4.69, 9.17) is 11.6 Å². The lowest BCUT2D eigenvalue weighted by Crippen LogP contribution is -2.45. The van der Waals surface area contributed by atoms with Gasteiger partial charge in [-0.2, -0.15) is 5.10 Å². The Balaban J connectivity index is 1.46. The number of nitrogens with zero attached hydrogens (tertiary/aromatic N) is 3. The van der Waals surface area contributed by atoms with Gasteiger partial charge >= 0.3 is 0 Å². The van der Waals surface area contributed by atoms with Crippen LogP contribution in [0.15, 0.2) is 90.0 Å². The lowest BCUT2D eigenvalue weighted by atomic mass is 9.96. The fraction of sp³-hybridized carbons (Fsp3) is 0.208. The summed E-state index contributed by atoms with van der Waals surface area (Å²) in [4.78, 5) is 2.55. The second-order valence-electron chi connectivity index (χ2n) is 7.01. The predicted molar refractivity (Wildman–Crippen MR) is 117 cm³/mol. The van der Waals surface area contributed by atoms with Crippen molar-refractivity contribution in [3.05, 3.63) is 107 Å². The van der Waals surface area contributed by atoms with Crippen LogP contribution in [0.2, 0.25) is 5.02 Å². The zero-order valence-electron chi connectivity index (χ0n) is 15.8. The summed E-state index contributed by atoms with van der Waals surface area (Å²) in [6.45, 7) is 3.77. The van der Waals surface area contributed by atoms with Crippen LogP contribution in [0.25, 0.3) is 0 Å². The molecule has 3 aromatic rings. The number of hydrazone groups is 1. The average molecular weight is 390 g/mol. The summed E-state index contributed by atoms with van der Waals surface area (Å²) in [7, 11) is 0. The van der Waals surface area contributed by atoms with Gasteiger partial charge in [0.25, 0.3) is 0 Å². The molecular weight excluding hydrogens is 366 g/mol. The fourth-order valence-electron chi connectivity index (χ4n) is 3.70. The van der Waals surface area contributed by atoms with Gasteiger partial charge in [-0.1, -0.05) is 84.4 Å². The molecule has 4 heteroatoms. The van der Waals surface area contributed by atoms with E-state index in [2.05, 4.69) is 75.7 Å². The molecule has 1 aliphatic heterocycles. The number of rotatable bonds is 5. The Labute approximate surface area is 171 Å². The molecule has 0 amide bonds. The highest BCUT2D eigenvalue weighted by molar-refractivity contribution is 6.30. The quantitative estimate of drug-likeness (QED) is 0.566. The highest BCUT2D eigenvalue weighted by atomic mass is 35.5. The maximum atomic E-state index is 6.05. The van der Waals surface area contributed by atoms with Gasteiger partial charge < -0.3 is 0 Å². The lowest BCUT2D eigenvalue weighted by molar-refractivity contribution is 0.113. The van der Waals surface area contributed by atoms with E-state index in [9.17, 15) is 0 Å². The molecule has 3 nitrogen and oxygen atoms in total.